The summed E-state index contributed by atoms with van der Waals surface area (Å²) in [6.45, 7) is 5.48. The van der Waals surface area contributed by atoms with Crippen molar-refractivity contribution < 1.29 is 9.18 Å². The summed E-state index contributed by atoms with van der Waals surface area (Å²) in [6.07, 6.45) is 0. The van der Waals surface area contributed by atoms with E-state index in [1.54, 1.807) is 12.1 Å². The van der Waals surface area contributed by atoms with Gasteiger partial charge in [-0.1, -0.05) is 13.0 Å². The van der Waals surface area contributed by atoms with E-state index in [0.29, 0.717) is 5.92 Å². The number of halogens is 1. The van der Waals surface area contributed by atoms with Crippen LogP contribution >= 0.6 is 0 Å². The molecule has 0 radical (unpaired) electrons. The van der Waals surface area contributed by atoms with E-state index in [9.17, 15) is 9.18 Å². The number of benzene rings is 1. The Balaban J connectivity index is 2.04. The van der Waals surface area contributed by atoms with Crippen LogP contribution in [0.1, 0.15) is 12.5 Å². The van der Waals surface area contributed by atoms with Crippen molar-refractivity contribution in [3.8, 4) is 0 Å². The number of amides is 1. The minimum absolute atomic E-state index is 0.0869. The topological polar surface area (TPSA) is 41.1 Å². The van der Waals surface area contributed by atoms with Crippen molar-refractivity contribution in [2.24, 2.45) is 11.8 Å². The van der Waals surface area contributed by atoms with Crippen LogP contribution in [-0.2, 0) is 4.79 Å². The Hall–Kier alpha value is -1.42. The molecule has 1 atom stereocenters. The number of carbonyl (C=O) groups excluding carboxylic acids is 1. The van der Waals surface area contributed by atoms with E-state index in [0.717, 1.165) is 18.7 Å². The normalized spacial score (nSPS) is 17.4. The van der Waals surface area contributed by atoms with E-state index in [1.807, 2.05) is 13.8 Å². The van der Waals surface area contributed by atoms with Gasteiger partial charge in [-0.25, -0.2) is 4.39 Å². The first-order chi connectivity index (χ1) is 8.08. The van der Waals surface area contributed by atoms with Crippen molar-refractivity contribution in [2.45, 2.75) is 13.8 Å². The number of hydrogen-bond acceptors (Lipinski definition) is 2. The highest BCUT2D eigenvalue weighted by molar-refractivity contribution is 5.92. The maximum Gasteiger partial charge on any atom is 0.227 e. The number of rotatable bonds is 3. The molecule has 3 nitrogen and oxygen atoms in total. The predicted molar refractivity (Wildman–Crippen MR) is 65.3 cm³/mol. The molecular weight excluding hydrogens is 219 g/mol. The lowest BCUT2D eigenvalue weighted by molar-refractivity contribution is -0.121. The molecular formula is C13H17FN2O. The van der Waals surface area contributed by atoms with Crippen LogP contribution in [0.5, 0.6) is 0 Å². The van der Waals surface area contributed by atoms with Crippen LogP contribution in [0.4, 0.5) is 10.1 Å². The molecule has 0 saturated carbocycles. The van der Waals surface area contributed by atoms with Crippen LogP contribution in [0.3, 0.4) is 0 Å². The van der Waals surface area contributed by atoms with Gasteiger partial charge >= 0.3 is 0 Å². The molecule has 1 aliphatic rings. The third-order valence-corrected chi connectivity index (χ3v) is 3.31. The minimum atomic E-state index is -0.386. The predicted octanol–water partition coefficient (Wildman–Crippen LogP) is 1.93. The van der Waals surface area contributed by atoms with Gasteiger partial charge in [0.05, 0.1) is 5.69 Å². The van der Waals surface area contributed by atoms with Crippen LogP contribution in [0.15, 0.2) is 18.2 Å². The smallest absolute Gasteiger partial charge is 0.227 e. The summed E-state index contributed by atoms with van der Waals surface area (Å²) in [7, 11) is 0. The number of nitrogens with one attached hydrogen (secondary N) is 2. The molecule has 1 amide bonds. The van der Waals surface area contributed by atoms with Gasteiger partial charge in [0, 0.05) is 5.92 Å². The first kappa shape index (κ1) is 12.0. The molecule has 1 saturated heterocycles. The molecule has 1 aromatic rings. The van der Waals surface area contributed by atoms with Gasteiger partial charge in [-0.3, -0.25) is 4.79 Å². The molecule has 0 aromatic heterocycles. The van der Waals surface area contributed by atoms with Crippen molar-refractivity contribution in [3.05, 3.63) is 29.6 Å². The van der Waals surface area contributed by atoms with Gasteiger partial charge in [-0.2, -0.15) is 0 Å². The minimum Gasteiger partial charge on any atom is -0.323 e. The Morgan fingerprint density at radius 1 is 1.53 bits per heavy atom. The Morgan fingerprint density at radius 2 is 2.24 bits per heavy atom. The summed E-state index contributed by atoms with van der Waals surface area (Å²) < 4.78 is 13.5. The highest BCUT2D eigenvalue weighted by Crippen LogP contribution is 2.20. The summed E-state index contributed by atoms with van der Waals surface area (Å²) in [5.74, 6) is -0.220. The molecule has 4 heteroatoms. The van der Waals surface area contributed by atoms with Gasteiger partial charge in [-0.15, -0.1) is 0 Å². The maximum atomic E-state index is 13.5. The van der Waals surface area contributed by atoms with Crippen LogP contribution in [0, 0.1) is 24.6 Å². The quantitative estimate of drug-likeness (QED) is 0.842. The largest absolute Gasteiger partial charge is 0.323 e. The molecule has 0 bridgehead atoms. The molecule has 1 heterocycles. The van der Waals surface area contributed by atoms with Crippen LogP contribution in [-0.4, -0.2) is 19.0 Å². The van der Waals surface area contributed by atoms with Crippen molar-refractivity contribution in [1.82, 2.24) is 5.32 Å². The van der Waals surface area contributed by atoms with E-state index in [-0.39, 0.29) is 23.3 Å². The summed E-state index contributed by atoms with van der Waals surface area (Å²) in [6, 6.07) is 4.71. The van der Waals surface area contributed by atoms with Gasteiger partial charge in [0.25, 0.3) is 0 Å². The third kappa shape index (κ3) is 2.64. The van der Waals surface area contributed by atoms with E-state index < -0.39 is 0 Å². The molecule has 1 unspecified atom stereocenters. The van der Waals surface area contributed by atoms with E-state index in [1.165, 1.54) is 6.07 Å². The molecule has 0 aliphatic carbocycles. The van der Waals surface area contributed by atoms with Crippen LogP contribution < -0.4 is 10.6 Å². The van der Waals surface area contributed by atoms with Crippen molar-refractivity contribution in [2.75, 3.05) is 18.4 Å². The number of anilines is 1. The lowest BCUT2D eigenvalue weighted by atomic mass is 9.88. The average Bonchev–Trinajstić information content (AvgIpc) is 2.21. The Morgan fingerprint density at radius 3 is 2.82 bits per heavy atom. The zero-order valence-corrected chi connectivity index (χ0v) is 10.1. The fourth-order valence-corrected chi connectivity index (χ4v) is 1.86. The highest BCUT2D eigenvalue weighted by Gasteiger charge is 2.28. The maximum absolute atomic E-state index is 13.5. The highest BCUT2D eigenvalue weighted by atomic mass is 19.1. The number of aryl methyl sites for hydroxylation is 1. The lowest BCUT2D eigenvalue weighted by Gasteiger charge is -2.31. The SMILES string of the molecule is Cc1ccc(F)c(NC(=O)C(C)C2CNC2)c1. The summed E-state index contributed by atoms with van der Waals surface area (Å²) in [5.41, 5.74) is 1.20. The van der Waals surface area contributed by atoms with Gasteiger partial charge in [0.15, 0.2) is 0 Å². The molecule has 1 aromatic carbocycles. The van der Waals surface area contributed by atoms with Crippen LogP contribution in [0.2, 0.25) is 0 Å². The molecule has 0 spiro atoms. The first-order valence-electron chi connectivity index (χ1n) is 5.85. The molecule has 2 rings (SSSR count). The van der Waals surface area contributed by atoms with E-state index in [2.05, 4.69) is 10.6 Å². The van der Waals surface area contributed by atoms with Gasteiger partial charge in [0.1, 0.15) is 5.82 Å². The molecule has 1 fully saturated rings. The standard InChI is InChI=1S/C13H17FN2O/c1-8-3-4-11(14)12(5-8)16-13(17)9(2)10-6-15-7-10/h3-5,9-10,15H,6-7H2,1-2H3,(H,16,17). The Labute approximate surface area is 100 Å². The zero-order valence-electron chi connectivity index (χ0n) is 10.1. The molecule has 17 heavy (non-hydrogen) atoms. The lowest BCUT2D eigenvalue weighted by Crippen LogP contribution is -2.48. The van der Waals surface area contributed by atoms with Gasteiger partial charge in [0.2, 0.25) is 5.91 Å². The Bertz CT molecular complexity index is 429. The fourth-order valence-electron chi connectivity index (χ4n) is 1.86. The summed E-state index contributed by atoms with van der Waals surface area (Å²) >= 11 is 0. The molecule has 1 aliphatic heterocycles. The average molecular weight is 236 g/mol. The zero-order chi connectivity index (χ0) is 12.4. The summed E-state index contributed by atoms with van der Waals surface area (Å²) in [4.78, 5) is 11.9. The second kappa shape index (κ2) is 4.84. The van der Waals surface area contributed by atoms with Crippen LogP contribution in [0.25, 0.3) is 0 Å². The monoisotopic (exact) mass is 236 g/mol. The van der Waals surface area contributed by atoms with Gasteiger partial charge in [-0.05, 0) is 43.6 Å². The third-order valence-electron chi connectivity index (χ3n) is 3.31. The van der Waals surface area contributed by atoms with Gasteiger partial charge < -0.3 is 10.6 Å². The molecule has 2 N–H and O–H groups in total. The van der Waals surface area contributed by atoms with E-state index >= 15 is 0 Å². The van der Waals surface area contributed by atoms with Crippen molar-refractivity contribution >= 4 is 11.6 Å². The van der Waals surface area contributed by atoms with E-state index in [4.69, 9.17) is 0 Å². The van der Waals surface area contributed by atoms with Crippen molar-refractivity contribution in [1.29, 1.82) is 0 Å². The number of hydrogen-bond donors (Lipinski definition) is 2. The Kier molecular flexibility index (Phi) is 3.43. The van der Waals surface area contributed by atoms with Crippen molar-refractivity contribution in [3.63, 3.8) is 0 Å². The molecule has 92 valence electrons. The summed E-state index contributed by atoms with van der Waals surface area (Å²) in [5, 5.41) is 5.79. The number of carbonyl (C=O) groups is 1. The first-order valence-corrected chi connectivity index (χ1v) is 5.85. The second-order valence-corrected chi connectivity index (χ2v) is 4.68. The fraction of sp³-hybridized carbons (Fsp3) is 0.462. The second-order valence-electron chi connectivity index (χ2n) is 4.68.